The molecule has 0 aliphatic rings. The maximum Gasteiger partial charge on any atom is 0.312 e. The average molecular weight is 417 g/mol. The minimum Gasteiger partial charge on any atom is -0.352 e. The van der Waals surface area contributed by atoms with Crippen molar-refractivity contribution in [2.45, 2.75) is 26.3 Å². The summed E-state index contributed by atoms with van der Waals surface area (Å²) < 4.78 is 0. The van der Waals surface area contributed by atoms with Crippen molar-refractivity contribution < 1.29 is 14.4 Å². The number of aryl methyl sites for hydroxylation is 2. The molecule has 0 aliphatic heterocycles. The van der Waals surface area contributed by atoms with E-state index in [2.05, 4.69) is 10.6 Å². The van der Waals surface area contributed by atoms with Crippen molar-refractivity contribution in [3.63, 3.8) is 0 Å². The lowest BCUT2D eigenvalue weighted by Crippen LogP contribution is -2.39. The number of nitrogens with two attached hydrogens (primary N) is 1. The lowest BCUT2D eigenvalue weighted by molar-refractivity contribution is -0.133. The van der Waals surface area contributed by atoms with E-state index in [1.54, 1.807) is 24.3 Å². The zero-order valence-corrected chi connectivity index (χ0v) is 17.4. The molecule has 2 rings (SSSR count). The Kier molecular flexibility index (Phi) is 7.61. The van der Waals surface area contributed by atoms with E-state index in [1.165, 1.54) is 11.9 Å². The molecule has 0 spiro atoms. The van der Waals surface area contributed by atoms with E-state index < -0.39 is 12.1 Å². The van der Waals surface area contributed by atoms with Gasteiger partial charge in [0.05, 0.1) is 19.0 Å². The quantitative estimate of drug-likeness (QED) is 0.645. The van der Waals surface area contributed by atoms with Crippen molar-refractivity contribution in [1.82, 2.24) is 10.2 Å². The minimum atomic E-state index is -0.742. The van der Waals surface area contributed by atoms with E-state index in [0.717, 1.165) is 16.8 Å². The summed E-state index contributed by atoms with van der Waals surface area (Å²) >= 11 is 5.89. The van der Waals surface area contributed by atoms with Crippen LogP contribution in [0.2, 0.25) is 5.02 Å². The molecule has 0 unspecified atom stereocenters. The van der Waals surface area contributed by atoms with Gasteiger partial charge in [0.2, 0.25) is 11.8 Å². The fraction of sp³-hybridized carbons (Fsp3) is 0.286. The molecule has 0 fully saturated rings. The summed E-state index contributed by atoms with van der Waals surface area (Å²) in [4.78, 5) is 37.7. The second kappa shape index (κ2) is 9.93. The Bertz CT molecular complexity index is 879. The van der Waals surface area contributed by atoms with Gasteiger partial charge in [0.15, 0.2) is 0 Å². The summed E-state index contributed by atoms with van der Waals surface area (Å²) in [5.74, 6) is -0.612. The largest absolute Gasteiger partial charge is 0.352 e. The van der Waals surface area contributed by atoms with Gasteiger partial charge >= 0.3 is 6.03 Å². The average Bonchev–Trinajstić information content (AvgIpc) is 2.64. The number of halogens is 1. The van der Waals surface area contributed by atoms with E-state index >= 15 is 0 Å². The minimum absolute atomic E-state index is 0.0439. The topological polar surface area (TPSA) is 105 Å². The first kappa shape index (κ1) is 22.2. The number of amides is 4. The second-order valence-electron chi connectivity index (χ2n) is 6.88. The molecule has 0 heterocycles. The van der Waals surface area contributed by atoms with Gasteiger partial charge in [-0.15, -0.1) is 0 Å². The third-order valence-corrected chi connectivity index (χ3v) is 4.77. The highest BCUT2D eigenvalue weighted by Gasteiger charge is 2.21. The van der Waals surface area contributed by atoms with E-state index in [9.17, 15) is 14.4 Å². The van der Waals surface area contributed by atoms with Crippen LogP contribution in [-0.2, 0) is 9.59 Å². The smallest absolute Gasteiger partial charge is 0.312 e. The third-order valence-electron chi connectivity index (χ3n) is 4.52. The van der Waals surface area contributed by atoms with Gasteiger partial charge in [-0.2, -0.15) is 0 Å². The molecule has 0 saturated heterocycles. The van der Waals surface area contributed by atoms with Crippen LogP contribution in [0.5, 0.6) is 0 Å². The fourth-order valence-electron chi connectivity index (χ4n) is 2.94. The molecule has 0 bridgehead atoms. The molecule has 0 saturated carbocycles. The van der Waals surface area contributed by atoms with Gasteiger partial charge in [0.25, 0.3) is 0 Å². The van der Waals surface area contributed by atoms with Crippen molar-refractivity contribution in [2.24, 2.45) is 5.73 Å². The van der Waals surface area contributed by atoms with Crippen molar-refractivity contribution in [3.05, 3.63) is 64.2 Å². The Balaban J connectivity index is 2.02. The number of hydrogen-bond acceptors (Lipinski definition) is 3. The predicted molar refractivity (Wildman–Crippen MR) is 114 cm³/mol. The predicted octanol–water partition coefficient (Wildman–Crippen LogP) is 3.15. The van der Waals surface area contributed by atoms with Crippen molar-refractivity contribution in [1.29, 1.82) is 0 Å². The van der Waals surface area contributed by atoms with Crippen molar-refractivity contribution >= 4 is 35.1 Å². The Labute approximate surface area is 175 Å². The van der Waals surface area contributed by atoms with Gasteiger partial charge in [0.1, 0.15) is 0 Å². The first-order valence-electron chi connectivity index (χ1n) is 9.09. The molecule has 8 heteroatoms. The molecular weight excluding hydrogens is 392 g/mol. The van der Waals surface area contributed by atoms with Crippen LogP contribution in [0.4, 0.5) is 10.5 Å². The van der Waals surface area contributed by atoms with Gasteiger partial charge in [0, 0.05) is 17.8 Å². The highest BCUT2D eigenvalue weighted by molar-refractivity contribution is 6.30. The lowest BCUT2D eigenvalue weighted by atomic mass is 10.0. The molecule has 2 aromatic carbocycles. The fourth-order valence-corrected chi connectivity index (χ4v) is 3.07. The van der Waals surface area contributed by atoms with Gasteiger partial charge in [-0.25, -0.2) is 4.79 Å². The number of urea groups is 1. The highest BCUT2D eigenvalue weighted by atomic mass is 35.5. The van der Waals surface area contributed by atoms with Crippen molar-refractivity contribution in [2.75, 3.05) is 18.9 Å². The lowest BCUT2D eigenvalue weighted by Gasteiger charge is -2.22. The molecule has 0 radical (unpaired) electrons. The van der Waals surface area contributed by atoms with Crippen molar-refractivity contribution in [3.8, 4) is 0 Å². The summed E-state index contributed by atoms with van der Waals surface area (Å²) in [6, 6.07) is 11.1. The monoisotopic (exact) mass is 416 g/mol. The summed E-state index contributed by atoms with van der Waals surface area (Å²) in [6.45, 7) is 3.70. The summed E-state index contributed by atoms with van der Waals surface area (Å²) in [5.41, 5.74) is 8.57. The maximum atomic E-state index is 12.6. The number of primary amides is 1. The maximum absolute atomic E-state index is 12.6. The number of hydrogen-bond donors (Lipinski definition) is 3. The number of nitrogens with one attached hydrogen (secondary N) is 2. The second-order valence-corrected chi connectivity index (χ2v) is 7.32. The zero-order chi connectivity index (χ0) is 21.6. The summed E-state index contributed by atoms with van der Waals surface area (Å²) in [7, 11) is 1.54. The van der Waals surface area contributed by atoms with E-state index in [-0.39, 0.29) is 24.8 Å². The van der Waals surface area contributed by atoms with Crippen LogP contribution in [0, 0.1) is 13.8 Å². The van der Waals surface area contributed by atoms with Crippen LogP contribution in [-0.4, -0.2) is 36.3 Å². The summed E-state index contributed by atoms with van der Waals surface area (Å²) in [5, 5.41) is 5.95. The van der Waals surface area contributed by atoms with E-state index in [1.807, 2.05) is 32.0 Å². The standard InChI is InChI=1S/C21H25ClN4O3/c1-13-5-4-6-14(2)20(13)25-18(27)12-26(3)19(28)11-17(24-21(23)29)15-7-9-16(22)10-8-15/h4-10,17H,11-12H2,1-3H3,(H,25,27)(H3,23,24,29)/t17-/m0/s1. The van der Waals surface area contributed by atoms with Crippen LogP contribution in [0.1, 0.15) is 29.2 Å². The Morgan fingerprint density at radius 2 is 1.66 bits per heavy atom. The Morgan fingerprint density at radius 1 is 1.07 bits per heavy atom. The number of carbonyl (C=O) groups excluding carboxylic acids is 3. The Hall–Kier alpha value is -3.06. The van der Waals surface area contributed by atoms with Crippen LogP contribution in [0.3, 0.4) is 0 Å². The number of anilines is 1. The molecular formula is C21H25ClN4O3. The first-order valence-corrected chi connectivity index (χ1v) is 9.46. The van der Waals surface area contributed by atoms with E-state index in [4.69, 9.17) is 17.3 Å². The van der Waals surface area contributed by atoms with Crippen LogP contribution < -0.4 is 16.4 Å². The third kappa shape index (κ3) is 6.50. The number of nitrogens with zero attached hydrogens (tertiary/aromatic N) is 1. The number of benzene rings is 2. The van der Waals surface area contributed by atoms with Crippen LogP contribution >= 0.6 is 11.6 Å². The molecule has 0 aliphatic carbocycles. The molecule has 7 nitrogen and oxygen atoms in total. The van der Waals surface area contributed by atoms with Gasteiger partial charge in [-0.1, -0.05) is 41.9 Å². The molecule has 4 amide bonds. The Morgan fingerprint density at radius 3 is 2.21 bits per heavy atom. The number of likely N-dealkylation sites (N-methyl/N-ethyl adjacent to an activating group) is 1. The molecule has 4 N–H and O–H groups in total. The SMILES string of the molecule is Cc1cccc(C)c1NC(=O)CN(C)C(=O)C[C@H](NC(N)=O)c1ccc(Cl)cc1. The molecule has 0 aromatic heterocycles. The van der Waals surface area contributed by atoms with Crippen LogP contribution in [0.25, 0.3) is 0 Å². The van der Waals surface area contributed by atoms with E-state index in [0.29, 0.717) is 10.6 Å². The van der Waals surface area contributed by atoms with Gasteiger partial charge < -0.3 is 21.3 Å². The number of carbonyl (C=O) groups is 3. The van der Waals surface area contributed by atoms with Crippen LogP contribution in [0.15, 0.2) is 42.5 Å². The zero-order valence-electron chi connectivity index (χ0n) is 16.7. The highest BCUT2D eigenvalue weighted by Crippen LogP contribution is 2.21. The molecule has 29 heavy (non-hydrogen) atoms. The molecule has 154 valence electrons. The number of rotatable bonds is 7. The molecule has 2 aromatic rings. The summed E-state index contributed by atoms with van der Waals surface area (Å²) in [6.07, 6.45) is -0.0439. The normalized spacial score (nSPS) is 11.4. The molecule has 1 atom stereocenters. The van der Waals surface area contributed by atoms with Gasteiger partial charge in [-0.05, 0) is 42.7 Å². The first-order chi connectivity index (χ1) is 13.7. The number of para-hydroxylation sites is 1. The van der Waals surface area contributed by atoms with Gasteiger partial charge in [-0.3, -0.25) is 9.59 Å².